The topological polar surface area (TPSA) is 93.8 Å². The van der Waals surface area contributed by atoms with Crippen molar-refractivity contribution in [3.05, 3.63) is 67.7 Å². The van der Waals surface area contributed by atoms with E-state index in [1.54, 1.807) is 12.1 Å². The third-order valence-electron chi connectivity index (χ3n) is 4.27. The summed E-state index contributed by atoms with van der Waals surface area (Å²) in [7, 11) is 0. The van der Waals surface area contributed by atoms with Gasteiger partial charge in [0.15, 0.2) is 6.61 Å². The van der Waals surface area contributed by atoms with Crippen LogP contribution in [-0.2, 0) is 17.6 Å². The number of rotatable bonds is 6. The van der Waals surface area contributed by atoms with Gasteiger partial charge in [-0.2, -0.15) is 5.10 Å². The third-order valence-corrected chi connectivity index (χ3v) is 5.14. The van der Waals surface area contributed by atoms with E-state index < -0.39 is 10.8 Å². The maximum Gasteiger partial charge on any atom is 0.277 e. The second-order valence-electron chi connectivity index (χ2n) is 6.16. The van der Waals surface area contributed by atoms with Crippen LogP contribution in [0.1, 0.15) is 29.5 Å². The van der Waals surface area contributed by atoms with Crippen molar-refractivity contribution in [2.75, 3.05) is 6.61 Å². The van der Waals surface area contributed by atoms with Crippen LogP contribution >= 0.6 is 15.9 Å². The number of hydrazone groups is 1. The number of nitro benzene ring substituents is 1. The Labute approximate surface area is 164 Å². The van der Waals surface area contributed by atoms with Gasteiger partial charge in [0.25, 0.3) is 11.6 Å². The number of carbonyl (C=O) groups is 1. The van der Waals surface area contributed by atoms with Gasteiger partial charge in [-0.25, -0.2) is 5.43 Å². The number of halogens is 1. The first-order chi connectivity index (χ1) is 13.0. The summed E-state index contributed by atoms with van der Waals surface area (Å²) in [5, 5.41) is 14.6. The summed E-state index contributed by atoms with van der Waals surface area (Å²) in [5.41, 5.74) is 5.41. The molecule has 0 fully saturated rings. The maximum atomic E-state index is 11.9. The van der Waals surface area contributed by atoms with Crippen LogP contribution in [0.25, 0.3) is 0 Å². The van der Waals surface area contributed by atoms with Crippen LogP contribution in [0.3, 0.4) is 0 Å². The van der Waals surface area contributed by atoms with Gasteiger partial charge < -0.3 is 4.74 Å². The second-order valence-corrected chi connectivity index (χ2v) is 6.95. The predicted molar refractivity (Wildman–Crippen MR) is 105 cm³/mol. The summed E-state index contributed by atoms with van der Waals surface area (Å²) in [6, 6.07) is 9.89. The van der Waals surface area contributed by atoms with E-state index in [2.05, 4.69) is 26.5 Å². The lowest BCUT2D eigenvalue weighted by molar-refractivity contribution is -0.384. The molecule has 1 aliphatic carbocycles. The van der Waals surface area contributed by atoms with Crippen LogP contribution in [0.15, 0.2) is 46.0 Å². The Hall–Kier alpha value is -2.74. The van der Waals surface area contributed by atoms with Crippen molar-refractivity contribution in [1.29, 1.82) is 0 Å². The van der Waals surface area contributed by atoms with Crippen molar-refractivity contribution >= 4 is 33.7 Å². The molecule has 0 spiro atoms. The number of benzene rings is 2. The summed E-state index contributed by atoms with van der Waals surface area (Å²) in [5.74, 6) is 0.217. The van der Waals surface area contributed by atoms with Crippen LogP contribution < -0.4 is 10.2 Å². The first kappa shape index (κ1) is 19.0. The molecule has 0 unspecified atom stereocenters. The Bertz CT molecular complexity index is 899. The number of hydrogen-bond acceptors (Lipinski definition) is 5. The van der Waals surface area contributed by atoms with Crippen LogP contribution in [0.5, 0.6) is 5.75 Å². The van der Waals surface area contributed by atoms with Gasteiger partial charge in [-0.05, 0) is 58.8 Å². The van der Waals surface area contributed by atoms with E-state index >= 15 is 0 Å². The molecule has 2 aromatic carbocycles. The minimum atomic E-state index is -0.486. The molecule has 0 aliphatic heterocycles. The molecule has 3 rings (SSSR count). The summed E-state index contributed by atoms with van der Waals surface area (Å²) >= 11 is 3.58. The SMILES string of the molecule is O=C(COc1ccc2c(c1Br)CCCC2)N/N=C/c1cccc([N+](=O)[O-])c1. The van der Waals surface area contributed by atoms with Crippen LogP contribution in [0, 0.1) is 10.1 Å². The Morgan fingerprint density at radius 3 is 2.93 bits per heavy atom. The van der Waals surface area contributed by atoms with Crippen molar-refractivity contribution < 1.29 is 14.5 Å². The van der Waals surface area contributed by atoms with Gasteiger partial charge in [0, 0.05) is 17.7 Å². The predicted octanol–water partition coefficient (Wildman–Crippen LogP) is 3.77. The molecule has 1 aliphatic rings. The van der Waals surface area contributed by atoms with E-state index in [4.69, 9.17) is 4.74 Å². The normalized spacial score (nSPS) is 13.2. The number of nitro groups is 1. The van der Waals surface area contributed by atoms with Gasteiger partial charge >= 0.3 is 0 Å². The Morgan fingerprint density at radius 2 is 2.11 bits per heavy atom. The summed E-state index contributed by atoms with van der Waals surface area (Å²) in [6.07, 6.45) is 5.78. The van der Waals surface area contributed by atoms with E-state index in [0.29, 0.717) is 11.3 Å². The number of ether oxygens (including phenoxy) is 1. The van der Waals surface area contributed by atoms with Gasteiger partial charge in [0.05, 0.1) is 15.6 Å². The minimum Gasteiger partial charge on any atom is -0.483 e. The van der Waals surface area contributed by atoms with Crippen molar-refractivity contribution in [3.63, 3.8) is 0 Å². The number of aryl methyl sites for hydroxylation is 1. The van der Waals surface area contributed by atoms with Crippen molar-refractivity contribution in [2.24, 2.45) is 5.10 Å². The number of nitrogens with zero attached hydrogens (tertiary/aromatic N) is 2. The van der Waals surface area contributed by atoms with E-state index in [0.717, 1.165) is 23.7 Å². The highest BCUT2D eigenvalue weighted by molar-refractivity contribution is 9.10. The summed E-state index contributed by atoms with van der Waals surface area (Å²) < 4.78 is 6.51. The molecule has 0 heterocycles. The quantitative estimate of drug-likeness (QED) is 0.427. The average molecular weight is 432 g/mol. The molecular formula is C19H18BrN3O4. The molecule has 140 valence electrons. The first-order valence-electron chi connectivity index (χ1n) is 8.54. The second kappa shape index (κ2) is 8.77. The lowest BCUT2D eigenvalue weighted by Crippen LogP contribution is -2.24. The number of hydrogen-bond donors (Lipinski definition) is 1. The molecule has 0 aromatic heterocycles. The maximum absolute atomic E-state index is 11.9. The molecular weight excluding hydrogens is 414 g/mol. The van der Waals surface area contributed by atoms with E-state index in [-0.39, 0.29) is 12.3 Å². The highest BCUT2D eigenvalue weighted by atomic mass is 79.9. The van der Waals surface area contributed by atoms with Crippen molar-refractivity contribution in [1.82, 2.24) is 5.43 Å². The zero-order valence-corrected chi connectivity index (χ0v) is 16.1. The standard InChI is InChI=1S/C19H18BrN3O4/c20-19-16-7-2-1-5-14(16)8-9-17(19)27-12-18(24)22-21-11-13-4-3-6-15(10-13)23(25)26/h3-4,6,8-11H,1-2,5,7,12H2,(H,22,24)/b21-11+. The molecule has 2 aromatic rings. The van der Waals surface area contributed by atoms with Gasteiger partial charge in [-0.1, -0.05) is 18.2 Å². The number of fused-ring (bicyclic) bond motifs is 1. The number of non-ortho nitro benzene ring substituents is 1. The fourth-order valence-corrected chi connectivity index (χ4v) is 3.65. The Balaban J connectivity index is 1.54. The molecule has 0 bridgehead atoms. The molecule has 27 heavy (non-hydrogen) atoms. The fourth-order valence-electron chi connectivity index (χ4n) is 2.95. The van der Waals surface area contributed by atoms with E-state index in [1.807, 2.05) is 12.1 Å². The van der Waals surface area contributed by atoms with Crippen LogP contribution in [0.4, 0.5) is 5.69 Å². The number of amides is 1. The molecule has 7 nitrogen and oxygen atoms in total. The molecule has 0 atom stereocenters. The van der Waals surface area contributed by atoms with Gasteiger partial charge in [-0.3, -0.25) is 14.9 Å². The molecule has 1 amide bonds. The highest BCUT2D eigenvalue weighted by Gasteiger charge is 2.16. The molecule has 0 saturated carbocycles. The van der Waals surface area contributed by atoms with Crippen LogP contribution in [0.2, 0.25) is 0 Å². The first-order valence-corrected chi connectivity index (χ1v) is 9.33. The van der Waals surface area contributed by atoms with Crippen LogP contribution in [-0.4, -0.2) is 23.7 Å². The van der Waals surface area contributed by atoms with E-state index in [1.165, 1.54) is 35.9 Å². The molecule has 0 radical (unpaired) electrons. The zero-order chi connectivity index (χ0) is 19.2. The smallest absolute Gasteiger partial charge is 0.277 e. The van der Waals surface area contributed by atoms with Crippen molar-refractivity contribution in [2.45, 2.75) is 25.7 Å². The third kappa shape index (κ3) is 4.91. The summed E-state index contributed by atoms with van der Waals surface area (Å²) in [6.45, 7) is -0.177. The summed E-state index contributed by atoms with van der Waals surface area (Å²) in [4.78, 5) is 22.2. The Morgan fingerprint density at radius 1 is 1.30 bits per heavy atom. The van der Waals surface area contributed by atoms with Gasteiger partial charge in [-0.15, -0.1) is 0 Å². The monoisotopic (exact) mass is 431 g/mol. The Kier molecular flexibility index (Phi) is 6.18. The number of carbonyl (C=O) groups excluding carboxylic acids is 1. The van der Waals surface area contributed by atoms with E-state index in [9.17, 15) is 14.9 Å². The van der Waals surface area contributed by atoms with Gasteiger partial charge in [0.2, 0.25) is 0 Å². The molecule has 0 saturated heterocycles. The highest BCUT2D eigenvalue weighted by Crippen LogP contribution is 2.35. The zero-order valence-electron chi connectivity index (χ0n) is 14.5. The average Bonchev–Trinajstić information content (AvgIpc) is 2.68. The lowest BCUT2D eigenvalue weighted by atomic mass is 9.92. The van der Waals surface area contributed by atoms with Gasteiger partial charge in [0.1, 0.15) is 5.75 Å². The minimum absolute atomic E-state index is 0.0362. The van der Waals surface area contributed by atoms with Crippen molar-refractivity contribution in [3.8, 4) is 5.75 Å². The number of nitrogens with one attached hydrogen (secondary N) is 1. The largest absolute Gasteiger partial charge is 0.483 e. The molecule has 8 heteroatoms. The lowest BCUT2D eigenvalue weighted by Gasteiger charge is -2.19. The molecule has 1 N–H and O–H groups in total. The fraction of sp³-hybridized carbons (Fsp3) is 0.263.